The van der Waals surface area contributed by atoms with E-state index in [1.807, 2.05) is 6.07 Å². The van der Waals surface area contributed by atoms with E-state index in [0.29, 0.717) is 17.4 Å². The van der Waals surface area contributed by atoms with Gasteiger partial charge in [-0.25, -0.2) is 4.39 Å². The molecule has 1 nitrogen and oxygen atoms in total. The molecule has 0 spiro atoms. The molecule has 0 amide bonds. The van der Waals surface area contributed by atoms with Gasteiger partial charge >= 0.3 is 6.36 Å². The fourth-order valence-corrected chi connectivity index (χ4v) is 4.37. The summed E-state index contributed by atoms with van der Waals surface area (Å²) in [6.07, 6.45) is 2.52. The molecule has 1 aliphatic carbocycles. The summed E-state index contributed by atoms with van der Waals surface area (Å²) in [6, 6.07) is 10.3. The zero-order valence-corrected chi connectivity index (χ0v) is 17.9. The summed E-state index contributed by atoms with van der Waals surface area (Å²) in [5, 5.41) is 0. The van der Waals surface area contributed by atoms with Crippen molar-refractivity contribution in [1.29, 1.82) is 0 Å². The van der Waals surface area contributed by atoms with Crippen LogP contribution in [0.4, 0.5) is 17.6 Å². The highest BCUT2D eigenvalue weighted by Crippen LogP contribution is 2.36. The molecule has 1 aliphatic rings. The second kappa shape index (κ2) is 10.2. The SMILES string of the molecule is CCC1CCC(C(C)Cc2ccc(C#Cc3ccc(OC(F)(F)F)cc3)c(F)c2)CC1. The molecule has 1 atom stereocenters. The van der Waals surface area contributed by atoms with Gasteiger partial charge in [-0.2, -0.15) is 0 Å². The Morgan fingerprint density at radius 2 is 1.68 bits per heavy atom. The molecular formula is C26H28F4O. The van der Waals surface area contributed by atoms with E-state index < -0.39 is 6.36 Å². The number of rotatable bonds is 5. The number of halogens is 4. The van der Waals surface area contributed by atoms with Crippen LogP contribution in [0, 0.1) is 35.4 Å². The van der Waals surface area contributed by atoms with Gasteiger partial charge in [-0.3, -0.25) is 0 Å². The Hall–Kier alpha value is -2.48. The van der Waals surface area contributed by atoms with Crippen LogP contribution in [0.3, 0.4) is 0 Å². The maximum atomic E-state index is 14.5. The molecule has 166 valence electrons. The third-order valence-corrected chi connectivity index (χ3v) is 6.29. The molecule has 2 aromatic carbocycles. The van der Waals surface area contributed by atoms with Gasteiger partial charge in [-0.15, -0.1) is 13.2 Å². The molecule has 0 saturated heterocycles. The monoisotopic (exact) mass is 432 g/mol. The number of hydrogen-bond donors (Lipinski definition) is 0. The van der Waals surface area contributed by atoms with Crippen LogP contribution < -0.4 is 4.74 Å². The van der Waals surface area contributed by atoms with E-state index in [4.69, 9.17) is 0 Å². The molecule has 31 heavy (non-hydrogen) atoms. The van der Waals surface area contributed by atoms with Crippen LogP contribution in [0.5, 0.6) is 5.75 Å². The lowest BCUT2D eigenvalue weighted by Gasteiger charge is -2.32. The van der Waals surface area contributed by atoms with Crippen LogP contribution in [-0.2, 0) is 6.42 Å². The van der Waals surface area contributed by atoms with Crippen molar-refractivity contribution in [3.8, 4) is 17.6 Å². The van der Waals surface area contributed by atoms with Crippen LogP contribution in [-0.4, -0.2) is 6.36 Å². The van der Waals surface area contributed by atoms with E-state index in [1.165, 1.54) is 56.4 Å². The Kier molecular flexibility index (Phi) is 7.64. The lowest BCUT2D eigenvalue weighted by atomic mass is 9.74. The van der Waals surface area contributed by atoms with Crippen molar-refractivity contribution in [2.24, 2.45) is 17.8 Å². The zero-order chi connectivity index (χ0) is 22.4. The number of hydrogen-bond acceptors (Lipinski definition) is 1. The second-order valence-corrected chi connectivity index (χ2v) is 8.51. The Morgan fingerprint density at radius 1 is 1.00 bits per heavy atom. The van der Waals surface area contributed by atoms with E-state index in [9.17, 15) is 17.6 Å². The minimum Gasteiger partial charge on any atom is -0.406 e. The Labute approximate surface area is 181 Å². The highest BCUT2D eigenvalue weighted by atomic mass is 19.4. The molecular weight excluding hydrogens is 404 g/mol. The van der Waals surface area contributed by atoms with Crippen LogP contribution in [0.25, 0.3) is 0 Å². The summed E-state index contributed by atoms with van der Waals surface area (Å²) >= 11 is 0. The lowest BCUT2D eigenvalue weighted by Crippen LogP contribution is -2.21. The minimum atomic E-state index is -4.73. The molecule has 1 saturated carbocycles. The van der Waals surface area contributed by atoms with E-state index >= 15 is 0 Å². The van der Waals surface area contributed by atoms with Gasteiger partial charge in [0.2, 0.25) is 0 Å². The Morgan fingerprint density at radius 3 is 2.26 bits per heavy atom. The number of alkyl halides is 3. The average molecular weight is 433 g/mol. The van der Waals surface area contributed by atoms with Crippen molar-refractivity contribution >= 4 is 0 Å². The zero-order valence-electron chi connectivity index (χ0n) is 17.9. The Balaban J connectivity index is 1.60. The first kappa shape index (κ1) is 23.2. The van der Waals surface area contributed by atoms with Gasteiger partial charge in [0, 0.05) is 5.56 Å². The van der Waals surface area contributed by atoms with Crippen LogP contribution in [0.1, 0.15) is 62.6 Å². The van der Waals surface area contributed by atoms with Crippen molar-refractivity contribution in [3.63, 3.8) is 0 Å². The molecule has 1 unspecified atom stereocenters. The first-order valence-corrected chi connectivity index (χ1v) is 10.9. The normalized spacial score (nSPS) is 19.9. The van der Waals surface area contributed by atoms with Gasteiger partial charge in [-0.05, 0) is 79.0 Å². The van der Waals surface area contributed by atoms with Gasteiger partial charge in [0.15, 0.2) is 0 Å². The molecule has 2 aromatic rings. The summed E-state index contributed by atoms with van der Waals surface area (Å²) in [5.41, 5.74) is 1.73. The van der Waals surface area contributed by atoms with Crippen molar-refractivity contribution in [1.82, 2.24) is 0 Å². The van der Waals surface area contributed by atoms with Crippen molar-refractivity contribution in [3.05, 3.63) is 65.0 Å². The maximum absolute atomic E-state index is 14.5. The summed E-state index contributed by atoms with van der Waals surface area (Å²) in [5.74, 6) is 6.96. The number of ether oxygens (including phenoxy) is 1. The summed E-state index contributed by atoms with van der Waals surface area (Å²) in [7, 11) is 0. The highest BCUT2D eigenvalue weighted by molar-refractivity contribution is 5.45. The van der Waals surface area contributed by atoms with Crippen LogP contribution in [0.15, 0.2) is 42.5 Å². The smallest absolute Gasteiger partial charge is 0.406 e. The van der Waals surface area contributed by atoms with Crippen molar-refractivity contribution in [2.45, 2.75) is 58.7 Å². The van der Waals surface area contributed by atoms with Gasteiger partial charge in [0.25, 0.3) is 0 Å². The lowest BCUT2D eigenvalue weighted by molar-refractivity contribution is -0.274. The third kappa shape index (κ3) is 7.02. The Bertz CT molecular complexity index is 913. The molecule has 0 N–H and O–H groups in total. The van der Waals surface area contributed by atoms with E-state index in [1.54, 1.807) is 12.1 Å². The van der Waals surface area contributed by atoms with E-state index in [-0.39, 0.29) is 17.1 Å². The summed E-state index contributed by atoms with van der Waals surface area (Å²) in [6.45, 7) is 4.52. The van der Waals surface area contributed by atoms with Gasteiger partial charge in [0.1, 0.15) is 11.6 Å². The fourth-order valence-electron chi connectivity index (χ4n) is 4.37. The largest absolute Gasteiger partial charge is 0.573 e. The molecule has 0 heterocycles. The summed E-state index contributed by atoms with van der Waals surface area (Å²) < 4.78 is 55.0. The minimum absolute atomic E-state index is 0.274. The van der Waals surface area contributed by atoms with E-state index in [2.05, 4.69) is 30.4 Å². The van der Waals surface area contributed by atoms with Gasteiger partial charge < -0.3 is 4.74 Å². The first-order valence-electron chi connectivity index (χ1n) is 10.9. The standard InChI is InChI=1S/C26H28F4O/c1-3-19-4-10-22(11-5-19)18(2)16-21-7-13-23(25(27)17-21)12-6-20-8-14-24(15-9-20)31-26(28,29)30/h7-9,13-15,17-19,22H,3-5,10-11,16H2,1-2H3. The molecule has 0 bridgehead atoms. The molecule has 0 aliphatic heterocycles. The maximum Gasteiger partial charge on any atom is 0.573 e. The fraction of sp³-hybridized carbons (Fsp3) is 0.462. The third-order valence-electron chi connectivity index (χ3n) is 6.29. The van der Waals surface area contributed by atoms with Gasteiger partial charge in [0.05, 0.1) is 5.56 Å². The van der Waals surface area contributed by atoms with Crippen molar-refractivity contribution in [2.75, 3.05) is 0 Å². The molecule has 0 aromatic heterocycles. The first-order chi connectivity index (χ1) is 14.7. The van der Waals surface area contributed by atoms with Crippen LogP contribution >= 0.6 is 0 Å². The molecule has 1 fully saturated rings. The molecule has 3 rings (SSSR count). The highest BCUT2D eigenvalue weighted by Gasteiger charge is 2.31. The molecule has 0 radical (unpaired) electrons. The molecule has 5 heteroatoms. The van der Waals surface area contributed by atoms with Gasteiger partial charge in [-0.1, -0.05) is 51.0 Å². The van der Waals surface area contributed by atoms with Crippen molar-refractivity contribution < 1.29 is 22.3 Å². The average Bonchev–Trinajstić information content (AvgIpc) is 2.73. The van der Waals surface area contributed by atoms with Crippen LogP contribution in [0.2, 0.25) is 0 Å². The quantitative estimate of drug-likeness (QED) is 0.351. The van der Waals surface area contributed by atoms with E-state index in [0.717, 1.165) is 17.9 Å². The second-order valence-electron chi connectivity index (χ2n) is 8.51. The predicted octanol–water partition coefficient (Wildman–Crippen LogP) is 7.52. The topological polar surface area (TPSA) is 9.23 Å². The summed E-state index contributed by atoms with van der Waals surface area (Å²) in [4.78, 5) is 0. The number of benzene rings is 2. The predicted molar refractivity (Wildman–Crippen MR) is 114 cm³/mol.